The lowest BCUT2D eigenvalue weighted by Crippen LogP contribution is -2.28. The first kappa shape index (κ1) is 10.7. The van der Waals surface area contributed by atoms with Gasteiger partial charge in [-0.2, -0.15) is 5.26 Å². The lowest BCUT2D eigenvalue weighted by molar-refractivity contribution is 0.112. The first-order valence-electron chi connectivity index (χ1n) is 4.55. The van der Waals surface area contributed by atoms with Crippen LogP contribution >= 0.6 is 0 Å². The Morgan fingerprint density at radius 1 is 1.43 bits per heavy atom. The average molecular weight is 190 g/mol. The van der Waals surface area contributed by atoms with Crippen LogP contribution in [0.5, 0.6) is 0 Å². The quantitative estimate of drug-likeness (QED) is 0.761. The van der Waals surface area contributed by atoms with Crippen LogP contribution in [0.4, 0.5) is 0 Å². The molecule has 0 fully saturated rings. The summed E-state index contributed by atoms with van der Waals surface area (Å²) in [5, 5.41) is 11.5. The smallest absolute Gasteiger partial charge is 0.119 e. The van der Waals surface area contributed by atoms with Crippen LogP contribution in [0.2, 0.25) is 0 Å². The monoisotopic (exact) mass is 190 g/mol. The molecule has 0 amide bonds. The number of hydrogen-bond acceptors (Lipinski definition) is 3. The Balaban J connectivity index is 2.26. The van der Waals surface area contributed by atoms with E-state index in [1.54, 1.807) is 7.05 Å². The number of hydrogen-bond donors (Lipinski definition) is 1. The van der Waals surface area contributed by atoms with Gasteiger partial charge in [0.15, 0.2) is 0 Å². The van der Waals surface area contributed by atoms with E-state index in [0.29, 0.717) is 13.2 Å². The van der Waals surface area contributed by atoms with E-state index in [9.17, 15) is 0 Å². The van der Waals surface area contributed by atoms with Crippen molar-refractivity contribution in [3.63, 3.8) is 0 Å². The number of benzene rings is 1. The average Bonchev–Trinajstić information content (AvgIpc) is 2.26. The maximum Gasteiger partial charge on any atom is 0.119 e. The topological polar surface area (TPSA) is 45.0 Å². The van der Waals surface area contributed by atoms with Crippen molar-refractivity contribution >= 4 is 0 Å². The minimum absolute atomic E-state index is 0.223. The third kappa shape index (κ3) is 3.56. The number of nitrogens with zero attached hydrogens (tertiary/aromatic N) is 1. The van der Waals surface area contributed by atoms with Gasteiger partial charge in [-0.05, 0) is 12.6 Å². The van der Waals surface area contributed by atoms with E-state index in [1.165, 1.54) is 0 Å². The Morgan fingerprint density at radius 3 is 2.71 bits per heavy atom. The number of ether oxygens (including phenoxy) is 1. The molecule has 0 aliphatic heterocycles. The van der Waals surface area contributed by atoms with Gasteiger partial charge in [0.2, 0.25) is 0 Å². The van der Waals surface area contributed by atoms with Crippen molar-refractivity contribution in [2.45, 2.75) is 12.6 Å². The van der Waals surface area contributed by atoms with E-state index in [2.05, 4.69) is 11.4 Å². The maximum atomic E-state index is 8.63. The summed E-state index contributed by atoms with van der Waals surface area (Å²) in [7, 11) is 1.75. The molecule has 0 aromatic heterocycles. The zero-order valence-corrected chi connectivity index (χ0v) is 8.23. The highest BCUT2D eigenvalue weighted by Gasteiger charge is 2.02. The van der Waals surface area contributed by atoms with E-state index in [1.807, 2.05) is 30.3 Å². The van der Waals surface area contributed by atoms with Crippen LogP contribution in [-0.4, -0.2) is 19.7 Å². The zero-order valence-electron chi connectivity index (χ0n) is 8.23. The van der Waals surface area contributed by atoms with Crippen molar-refractivity contribution in [1.82, 2.24) is 5.32 Å². The molecule has 0 aliphatic carbocycles. The van der Waals surface area contributed by atoms with Crippen molar-refractivity contribution in [3.05, 3.63) is 35.9 Å². The molecule has 0 saturated carbocycles. The molecule has 74 valence electrons. The Labute approximate surface area is 84.3 Å². The highest BCUT2D eigenvalue weighted by atomic mass is 16.5. The van der Waals surface area contributed by atoms with Gasteiger partial charge in [-0.15, -0.1) is 0 Å². The molecule has 0 spiro atoms. The van der Waals surface area contributed by atoms with Crippen LogP contribution in [0.15, 0.2) is 30.3 Å². The van der Waals surface area contributed by atoms with Crippen LogP contribution in [0.1, 0.15) is 5.56 Å². The summed E-state index contributed by atoms with van der Waals surface area (Å²) in [6.45, 7) is 0.975. The Kier molecular flexibility index (Phi) is 4.70. The molecule has 3 heteroatoms. The first-order valence-corrected chi connectivity index (χ1v) is 4.55. The second-order valence-corrected chi connectivity index (χ2v) is 2.97. The summed E-state index contributed by atoms with van der Waals surface area (Å²) in [6, 6.07) is 11.8. The number of nitriles is 1. The van der Waals surface area contributed by atoms with Crippen molar-refractivity contribution in [2.75, 3.05) is 13.7 Å². The fourth-order valence-electron chi connectivity index (χ4n) is 1.05. The normalized spacial score (nSPS) is 12.0. The molecule has 0 radical (unpaired) electrons. The van der Waals surface area contributed by atoms with Gasteiger partial charge in [0.25, 0.3) is 0 Å². The molecule has 3 nitrogen and oxygen atoms in total. The second kappa shape index (κ2) is 6.14. The highest BCUT2D eigenvalue weighted by Crippen LogP contribution is 2.00. The lowest BCUT2D eigenvalue weighted by atomic mass is 10.2. The maximum absolute atomic E-state index is 8.63. The molecule has 0 heterocycles. The molecule has 1 aromatic rings. The fraction of sp³-hybridized carbons (Fsp3) is 0.364. The summed E-state index contributed by atoms with van der Waals surface area (Å²) in [5.74, 6) is 0. The minimum atomic E-state index is -0.223. The molecule has 0 bridgehead atoms. The lowest BCUT2D eigenvalue weighted by Gasteiger charge is -2.08. The SMILES string of the molecule is CNC(C#N)COCc1ccccc1. The van der Waals surface area contributed by atoms with Gasteiger partial charge in [0.1, 0.15) is 6.04 Å². The minimum Gasteiger partial charge on any atom is -0.374 e. The summed E-state index contributed by atoms with van der Waals surface area (Å²) >= 11 is 0. The molecule has 1 rings (SSSR count). The van der Waals surface area contributed by atoms with Gasteiger partial charge in [-0.1, -0.05) is 30.3 Å². The van der Waals surface area contributed by atoms with E-state index in [0.717, 1.165) is 5.56 Å². The third-order valence-corrected chi connectivity index (χ3v) is 1.90. The summed E-state index contributed by atoms with van der Waals surface area (Å²) in [5.41, 5.74) is 1.13. The van der Waals surface area contributed by atoms with E-state index in [-0.39, 0.29) is 6.04 Å². The molecule has 1 atom stereocenters. The van der Waals surface area contributed by atoms with Crippen LogP contribution in [0, 0.1) is 11.3 Å². The van der Waals surface area contributed by atoms with Gasteiger partial charge >= 0.3 is 0 Å². The van der Waals surface area contributed by atoms with Gasteiger partial charge in [0, 0.05) is 0 Å². The van der Waals surface area contributed by atoms with Crippen molar-refractivity contribution in [3.8, 4) is 6.07 Å². The van der Waals surface area contributed by atoms with Crippen LogP contribution < -0.4 is 5.32 Å². The predicted molar refractivity (Wildman–Crippen MR) is 54.6 cm³/mol. The van der Waals surface area contributed by atoms with Gasteiger partial charge in [-0.25, -0.2) is 0 Å². The standard InChI is InChI=1S/C11H14N2O/c1-13-11(7-12)9-14-8-10-5-3-2-4-6-10/h2-6,11,13H,8-9H2,1H3. The van der Waals surface area contributed by atoms with Crippen molar-refractivity contribution in [2.24, 2.45) is 0 Å². The summed E-state index contributed by atoms with van der Waals surface area (Å²) in [6.07, 6.45) is 0. The van der Waals surface area contributed by atoms with Crippen LogP contribution in [0.3, 0.4) is 0 Å². The predicted octanol–water partition coefficient (Wildman–Crippen LogP) is 1.31. The number of nitrogens with one attached hydrogen (secondary N) is 1. The molecule has 1 aromatic carbocycles. The molecular formula is C11H14N2O. The molecule has 1 unspecified atom stereocenters. The molecule has 1 N–H and O–H groups in total. The van der Waals surface area contributed by atoms with Crippen LogP contribution in [-0.2, 0) is 11.3 Å². The number of rotatable bonds is 5. The molecule has 0 aliphatic rings. The van der Waals surface area contributed by atoms with Gasteiger partial charge in [0.05, 0.1) is 19.3 Å². The Bertz CT molecular complexity index is 292. The second-order valence-electron chi connectivity index (χ2n) is 2.97. The molecule has 14 heavy (non-hydrogen) atoms. The van der Waals surface area contributed by atoms with E-state index < -0.39 is 0 Å². The summed E-state index contributed by atoms with van der Waals surface area (Å²) < 4.78 is 5.38. The highest BCUT2D eigenvalue weighted by molar-refractivity contribution is 5.13. The van der Waals surface area contributed by atoms with E-state index in [4.69, 9.17) is 10.00 Å². The third-order valence-electron chi connectivity index (χ3n) is 1.90. The first-order chi connectivity index (χ1) is 6.86. The Morgan fingerprint density at radius 2 is 2.14 bits per heavy atom. The number of likely N-dealkylation sites (N-methyl/N-ethyl adjacent to an activating group) is 1. The zero-order chi connectivity index (χ0) is 10.2. The van der Waals surface area contributed by atoms with Crippen LogP contribution in [0.25, 0.3) is 0 Å². The van der Waals surface area contributed by atoms with Gasteiger partial charge < -0.3 is 10.1 Å². The largest absolute Gasteiger partial charge is 0.374 e. The molecule has 0 saturated heterocycles. The Hall–Kier alpha value is -1.37. The van der Waals surface area contributed by atoms with Gasteiger partial charge in [-0.3, -0.25) is 0 Å². The van der Waals surface area contributed by atoms with Crippen molar-refractivity contribution < 1.29 is 4.74 Å². The van der Waals surface area contributed by atoms with Crippen molar-refractivity contribution in [1.29, 1.82) is 5.26 Å². The molecular weight excluding hydrogens is 176 g/mol. The van der Waals surface area contributed by atoms with E-state index >= 15 is 0 Å². The summed E-state index contributed by atoms with van der Waals surface area (Å²) in [4.78, 5) is 0. The fourth-order valence-corrected chi connectivity index (χ4v) is 1.05.